The minimum absolute atomic E-state index is 0.705. The van der Waals surface area contributed by atoms with E-state index in [1.165, 1.54) is 5.69 Å². The highest BCUT2D eigenvalue weighted by molar-refractivity contribution is 9.10. The average molecular weight is 347 g/mol. The molecule has 0 fully saturated rings. The zero-order valence-electron chi connectivity index (χ0n) is 12.6. The summed E-state index contributed by atoms with van der Waals surface area (Å²) in [4.78, 5) is 2.22. The highest BCUT2D eigenvalue weighted by atomic mass is 79.9. The van der Waals surface area contributed by atoms with Gasteiger partial charge in [0.25, 0.3) is 0 Å². The Balaban J connectivity index is 2.10. The lowest BCUT2D eigenvalue weighted by molar-refractivity contribution is 0.309. The van der Waals surface area contributed by atoms with Crippen LogP contribution in [0.3, 0.4) is 0 Å². The minimum atomic E-state index is 0.705. The monoisotopic (exact) mass is 346 g/mol. The third-order valence-corrected chi connectivity index (χ3v) is 4.35. The van der Waals surface area contributed by atoms with Gasteiger partial charge in [0.05, 0.1) is 27.5 Å². The first-order valence-electron chi connectivity index (χ1n) is 6.93. The number of aromatic nitrogens is 2. The molecule has 0 aliphatic carbocycles. The molecule has 0 unspecified atom stereocenters. The number of rotatable bonds is 5. The summed E-state index contributed by atoms with van der Waals surface area (Å²) >= 11 is 3.65. The summed E-state index contributed by atoms with van der Waals surface area (Å²) < 4.78 is 3.04. The van der Waals surface area contributed by atoms with Crippen LogP contribution in [0.1, 0.15) is 29.4 Å². The zero-order chi connectivity index (χ0) is 15.4. The Morgan fingerprint density at radius 3 is 2.76 bits per heavy atom. The van der Waals surface area contributed by atoms with Crippen molar-refractivity contribution in [1.29, 1.82) is 5.26 Å². The molecule has 2 aromatic rings. The van der Waals surface area contributed by atoms with Gasteiger partial charge in [-0.3, -0.25) is 9.58 Å². The summed E-state index contributed by atoms with van der Waals surface area (Å²) in [5.41, 5.74) is 4.11. The van der Waals surface area contributed by atoms with Crippen molar-refractivity contribution in [3.8, 4) is 6.07 Å². The van der Waals surface area contributed by atoms with Crippen LogP contribution in [0.15, 0.2) is 28.7 Å². The van der Waals surface area contributed by atoms with E-state index in [1.54, 1.807) is 0 Å². The fraction of sp³-hybridized carbons (Fsp3) is 0.375. The number of halogens is 1. The van der Waals surface area contributed by atoms with Crippen molar-refractivity contribution in [1.82, 2.24) is 14.7 Å². The van der Waals surface area contributed by atoms with E-state index in [9.17, 15) is 0 Å². The second-order valence-corrected chi connectivity index (χ2v) is 5.96. The third-order valence-electron chi connectivity index (χ3n) is 3.43. The van der Waals surface area contributed by atoms with Gasteiger partial charge in [0.2, 0.25) is 0 Å². The van der Waals surface area contributed by atoms with Gasteiger partial charge in [-0.2, -0.15) is 10.4 Å². The first kappa shape index (κ1) is 15.7. The highest BCUT2D eigenvalue weighted by Gasteiger charge is 2.14. The van der Waals surface area contributed by atoms with Crippen molar-refractivity contribution in [3.05, 3.63) is 51.3 Å². The molecule has 0 N–H and O–H groups in total. The number of hydrogen-bond acceptors (Lipinski definition) is 3. The first-order chi connectivity index (χ1) is 10.0. The number of hydrogen-bond donors (Lipinski definition) is 0. The van der Waals surface area contributed by atoms with E-state index in [-0.39, 0.29) is 0 Å². The van der Waals surface area contributed by atoms with Crippen LogP contribution in [-0.2, 0) is 26.6 Å². The molecule has 110 valence electrons. The van der Waals surface area contributed by atoms with Gasteiger partial charge in [0.1, 0.15) is 0 Å². The maximum Gasteiger partial charge on any atom is 0.0991 e. The average Bonchev–Trinajstić information content (AvgIpc) is 2.74. The molecular formula is C16H19BrN4. The van der Waals surface area contributed by atoms with Gasteiger partial charge in [-0.1, -0.05) is 19.1 Å². The van der Waals surface area contributed by atoms with Crippen molar-refractivity contribution < 1.29 is 0 Å². The molecule has 0 atom stereocenters. The summed E-state index contributed by atoms with van der Waals surface area (Å²) in [6.07, 6.45) is 0.919. The molecule has 0 aliphatic heterocycles. The summed E-state index contributed by atoms with van der Waals surface area (Å²) in [5.74, 6) is 0. The zero-order valence-corrected chi connectivity index (χ0v) is 14.2. The Labute approximate surface area is 134 Å². The Kier molecular flexibility index (Phi) is 5.16. The van der Waals surface area contributed by atoms with Crippen LogP contribution in [0, 0.1) is 11.3 Å². The predicted octanol–water partition coefficient (Wildman–Crippen LogP) is 3.25. The quantitative estimate of drug-likeness (QED) is 0.834. The summed E-state index contributed by atoms with van der Waals surface area (Å²) in [6.45, 7) is 3.71. The van der Waals surface area contributed by atoms with E-state index >= 15 is 0 Å². The molecule has 0 spiro atoms. The normalized spacial score (nSPS) is 10.9. The summed E-state index contributed by atoms with van der Waals surface area (Å²) in [5, 5.41) is 13.5. The highest BCUT2D eigenvalue weighted by Crippen LogP contribution is 2.23. The topological polar surface area (TPSA) is 44.9 Å². The molecule has 2 rings (SSSR count). The fourth-order valence-electron chi connectivity index (χ4n) is 2.35. The lowest BCUT2D eigenvalue weighted by Crippen LogP contribution is -2.19. The van der Waals surface area contributed by atoms with E-state index in [1.807, 2.05) is 36.0 Å². The van der Waals surface area contributed by atoms with Crippen LogP contribution in [0.5, 0.6) is 0 Å². The lowest BCUT2D eigenvalue weighted by atomic mass is 10.1. The molecular weight excluding hydrogens is 328 g/mol. The van der Waals surface area contributed by atoms with Gasteiger partial charge in [0, 0.05) is 20.1 Å². The minimum Gasteiger partial charge on any atom is -0.296 e. The summed E-state index contributed by atoms with van der Waals surface area (Å²) in [7, 11) is 4.05. The van der Waals surface area contributed by atoms with E-state index in [0.717, 1.165) is 35.2 Å². The molecule has 0 aliphatic rings. The van der Waals surface area contributed by atoms with Crippen LogP contribution in [0.2, 0.25) is 0 Å². The van der Waals surface area contributed by atoms with Crippen LogP contribution in [0.4, 0.5) is 0 Å². The van der Waals surface area contributed by atoms with E-state index in [2.05, 4.69) is 46.0 Å². The molecule has 0 saturated heterocycles. The predicted molar refractivity (Wildman–Crippen MR) is 86.6 cm³/mol. The Morgan fingerprint density at radius 2 is 2.14 bits per heavy atom. The lowest BCUT2D eigenvalue weighted by Gasteiger charge is -2.17. The molecule has 0 radical (unpaired) electrons. The van der Waals surface area contributed by atoms with E-state index < -0.39 is 0 Å². The van der Waals surface area contributed by atoms with Crippen LogP contribution in [0.25, 0.3) is 0 Å². The molecule has 1 heterocycles. The van der Waals surface area contributed by atoms with Crippen molar-refractivity contribution in [3.63, 3.8) is 0 Å². The second kappa shape index (κ2) is 6.88. The Bertz CT molecular complexity index is 669. The van der Waals surface area contributed by atoms with Crippen LogP contribution >= 0.6 is 15.9 Å². The number of nitrogens with zero attached hydrogens (tertiary/aromatic N) is 4. The van der Waals surface area contributed by atoms with Crippen molar-refractivity contribution in [2.24, 2.45) is 7.05 Å². The Hall–Kier alpha value is -1.64. The van der Waals surface area contributed by atoms with Gasteiger partial charge < -0.3 is 0 Å². The number of benzene rings is 1. The molecule has 21 heavy (non-hydrogen) atoms. The molecule has 4 nitrogen and oxygen atoms in total. The van der Waals surface area contributed by atoms with Crippen molar-refractivity contribution in [2.45, 2.75) is 26.4 Å². The standard InChI is InChI=1S/C16H19BrN4/c1-4-14-16(17)15(21(3)19-14)11-20(2)10-13-7-5-6-12(8-13)9-18/h5-8H,4,10-11H2,1-3H3. The molecule has 0 saturated carbocycles. The van der Waals surface area contributed by atoms with Crippen LogP contribution in [-0.4, -0.2) is 21.7 Å². The maximum atomic E-state index is 8.95. The molecule has 1 aromatic carbocycles. The first-order valence-corrected chi connectivity index (χ1v) is 7.72. The SMILES string of the molecule is CCc1nn(C)c(CN(C)Cc2cccc(C#N)c2)c1Br. The second-order valence-electron chi connectivity index (χ2n) is 5.17. The van der Waals surface area contributed by atoms with E-state index in [4.69, 9.17) is 5.26 Å². The maximum absolute atomic E-state index is 8.95. The smallest absolute Gasteiger partial charge is 0.0991 e. The summed E-state index contributed by atoms with van der Waals surface area (Å²) in [6, 6.07) is 9.92. The third kappa shape index (κ3) is 3.72. The van der Waals surface area contributed by atoms with Crippen molar-refractivity contribution in [2.75, 3.05) is 7.05 Å². The largest absolute Gasteiger partial charge is 0.296 e. The van der Waals surface area contributed by atoms with Gasteiger partial charge >= 0.3 is 0 Å². The van der Waals surface area contributed by atoms with Gasteiger partial charge in [-0.25, -0.2) is 0 Å². The molecule has 1 aromatic heterocycles. The van der Waals surface area contributed by atoms with Gasteiger partial charge in [0.15, 0.2) is 0 Å². The van der Waals surface area contributed by atoms with Crippen molar-refractivity contribution >= 4 is 15.9 Å². The van der Waals surface area contributed by atoms with Crippen LogP contribution < -0.4 is 0 Å². The molecule has 5 heteroatoms. The molecule has 0 amide bonds. The van der Waals surface area contributed by atoms with Gasteiger partial charge in [-0.15, -0.1) is 0 Å². The fourth-order valence-corrected chi connectivity index (χ4v) is 3.10. The van der Waals surface area contributed by atoms with Gasteiger partial charge in [-0.05, 0) is 47.1 Å². The van der Waals surface area contributed by atoms with E-state index in [0.29, 0.717) is 5.56 Å². The Morgan fingerprint density at radius 1 is 1.38 bits per heavy atom. The molecule has 0 bridgehead atoms. The number of aryl methyl sites for hydroxylation is 2. The number of nitriles is 1.